The van der Waals surface area contributed by atoms with E-state index in [1.54, 1.807) is 54.5 Å². The Labute approximate surface area is 256 Å². The molecule has 246 valence electrons. The average molecular weight is 668 g/mol. The third-order valence-corrected chi connectivity index (χ3v) is 8.11. The second kappa shape index (κ2) is 15.2. The fraction of sp³-hybridized carbons (Fsp3) is 0.481. The van der Waals surface area contributed by atoms with Crippen molar-refractivity contribution >= 4 is 42.8 Å². The van der Waals surface area contributed by atoms with Crippen molar-refractivity contribution in [3.63, 3.8) is 0 Å². The third kappa shape index (κ3) is 13.5. The molecule has 1 N–H and O–H groups in total. The van der Waals surface area contributed by atoms with Crippen LogP contribution in [0.25, 0.3) is 0 Å². The van der Waals surface area contributed by atoms with Gasteiger partial charge >= 0.3 is 0 Å². The second-order valence-corrected chi connectivity index (χ2v) is 15.4. The van der Waals surface area contributed by atoms with Crippen molar-refractivity contribution in [2.45, 2.75) is 89.9 Å². The van der Waals surface area contributed by atoms with Crippen LogP contribution in [0.1, 0.15) is 78.6 Å². The molecule has 2 aromatic carbocycles. The first-order valence-corrected chi connectivity index (χ1v) is 16.3. The summed E-state index contributed by atoms with van der Waals surface area (Å²) in [5.41, 5.74) is -0.629. The van der Waals surface area contributed by atoms with E-state index in [0.717, 1.165) is 25.6 Å². The first-order chi connectivity index (χ1) is 18.3. The number of nitrogens with zero attached hydrogens (tertiary/aromatic N) is 2. The van der Waals surface area contributed by atoms with Crippen LogP contribution in [0.4, 0.5) is 0 Å². The molecular weight excluding hydrogens is 625 g/mol. The van der Waals surface area contributed by atoms with Crippen LogP contribution in [0.15, 0.2) is 46.2 Å². The zero-order chi connectivity index (χ0) is 32.2. The predicted molar refractivity (Wildman–Crippen MR) is 166 cm³/mol. The fourth-order valence-electron chi connectivity index (χ4n) is 2.90. The van der Waals surface area contributed by atoms with Gasteiger partial charge in [0.25, 0.3) is 20.2 Å². The van der Waals surface area contributed by atoms with Crippen molar-refractivity contribution in [1.29, 1.82) is 0 Å². The standard InChI is InChI=1S/C13H19NO7S2.C12H17NO4S.2CH4/c1-13(2,3)14(15)8-11-6-5-10(9-22(16,17)18)7-12(11)23(19,20)21-4;1-9-5-6-10(8-13(14)12(2,3)4)11(7-9)18(15,16)17;;/h5-8H,9H2,1-4H3,(H,16,17,18);5-8H,1-4H3,(H,15,16,17);2*1H4/p-1. The molecular formula is C27H43N2O11S3-. The molecule has 0 saturated heterocycles. The summed E-state index contributed by atoms with van der Waals surface area (Å²) in [5.74, 6) is -0.750. The molecule has 0 heterocycles. The van der Waals surface area contributed by atoms with E-state index in [1.165, 1.54) is 24.3 Å². The summed E-state index contributed by atoms with van der Waals surface area (Å²) in [5, 5.41) is 23.8. The predicted octanol–water partition coefficient (Wildman–Crippen LogP) is 4.04. The maximum absolute atomic E-state index is 12.0. The summed E-state index contributed by atoms with van der Waals surface area (Å²) in [6.07, 6.45) is 2.22. The minimum atomic E-state index is -4.59. The smallest absolute Gasteiger partial charge is 0.297 e. The number of hydrogen-bond acceptors (Lipinski definition) is 10. The van der Waals surface area contributed by atoms with Gasteiger partial charge in [0.15, 0.2) is 23.5 Å². The molecule has 0 radical (unpaired) electrons. The first kappa shape index (κ1) is 42.2. The van der Waals surface area contributed by atoms with Crippen molar-refractivity contribution in [2.24, 2.45) is 0 Å². The molecule has 0 saturated carbocycles. The molecule has 0 atom stereocenters. The summed E-state index contributed by atoms with van der Waals surface area (Å²) < 4.78 is 93.8. The molecule has 2 rings (SSSR count). The number of rotatable bonds is 7. The summed E-state index contributed by atoms with van der Waals surface area (Å²) in [6.45, 7) is 11.7. The monoisotopic (exact) mass is 667 g/mol. The molecule has 2 aromatic rings. The quantitative estimate of drug-likeness (QED) is 0.111. The highest BCUT2D eigenvalue weighted by Crippen LogP contribution is 2.21. The van der Waals surface area contributed by atoms with Gasteiger partial charge in [0.1, 0.15) is 20.8 Å². The largest absolute Gasteiger partial charge is 0.744 e. The van der Waals surface area contributed by atoms with E-state index in [4.69, 9.17) is 4.55 Å². The Morgan fingerprint density at radius 1 is 0.791 bits per heavy atom. The van der Waals surface area contributed by atoms with Crippen LogP contribution in [-0.2, 0) is 40.3 Å². The van der Waals surface area contributed by atoms with Gasteiger partial charge in [-0.15, -0.1) is 0 Å². The Hall–Kier alpha value is -2.89. The molecule has 0 aliphatic heterocycles. The highest BCUT2D eigenvalue weighted by molar-refractivity contribution is 7.87. The molecule has 13 nitrogen and oxygen atoms in total. The van der Waals surface area contributed by atoms with E-state index in [9.17, 15) is 40.2 Å². The summed E-state index contributed by atoms with van der Waals surface area (Å²) in [6, 6.07) is 8.02. The Kier molecular flexibility index (Phi) is 14.9. The van der Waals surface area contributed by atoms with Crippen LogP contribution in [-0.4, -0.2) is 74.5 Å². The van der Waals surface area contributed by atoms with Gasteiger partial charge in [0.05, 0.1) is 23.1 Å². The fourth-order valence-corrected chi connectivity index (χ4v) is 5.12. The third-order valence-electron chi connectivity index (χ3n) is 5.19. The lowest BCUT2D eigenvalue weighted by molar-refractivity contribution is -0.531. The topological polar surface area (TPSA) is 207 Å². The van der Waals surface area contributed by atoms with Gasteiger partial charge in [-0.1, -0.05) is 27.0 Å². The normalized spacial score (nSPS) is 13.3. The van der Waals surface area contributed by atoms with E-state index in [2.05, 4.69) is 4.18 Å². The molecule has 43 heavy (non-hydrogen) atoms. The lowest BCUT2D eigenvalue weighted by Gasteiger charge is -2.19. The molecule has 0 aromatic heterocycles. The van der Waals surface area contributed by atoms with Gasteiger partial charge in [-0.3, -0.25) is 8.74 Å². The SMILES string of the molecule is C.C.COS(=O)(=O)c1cc(CS(=O)(=O)O)ccc1C=[N+]([O-])C(C)(C)C.Cc1ccc(C=[N+]([O-])C(C)(C)C)c(S(=O)(=O)[O-])c1. The maximum Gasteiger partial charge on any atom is 0.297 e. The van der Waals surface area contributed by atoms with Gasteiger partial charge in [0.2, 0.25) is 0 Å². The molecule has 0 aliphatic carbocycles. The molecule has 0 bridgehead atoms. The zero-order valence-electron chi connectivity index (χ0n) is 24.0. The second-order valence-electron chi connectivity index (χ2n) is 11.0. The van der Waals surface area contributed by atoms with Gasteiger partial charge < -0.3 is 15.0 Å². The minimum Gasteiger partial charge on any atom is -0.744 e. The summed E-state index contributed by atoms with van der Waals surface area (Å²) in [4.78, 5) is -0.723. The first-order valence-electron chi connectivity index (χ1n) is 11.9. The van der Waals surface area contributed by atoms with E-state index < -0.39 is 47.2 Å². The van der Waals surface area contributed by atoms with Crippen LogP contribution in [0.2, 0.25) is 0 Å². The average Bonchev–Trinajstić information content (AvgIpc) is 2.78. The van der Waals surface area contributed by atoms with Crippen LogP contribution in [0.5, 0.6) is 0 Å². The van der Waals surface area contributed by atoms with E-state index in [1.807, 2.05) is 0 Å². The number of hydroxylamine groups is 2. The minimum absolute atomic E-state index is 0. The highest BCUT2D eigenvalue weighted by atomic mass is 32.2. The number of hydrogen-bond donors (Lipinski definition) is 1. The van der Waals surface area contributed by atoms with Crippen molar-refractivity contribution in [2.75, 3.05) is 7.11 Å². The molecule has 0 unspecified atom stereocenters. The Morgan fingerprint density at radius 3 is 1.58 bits per heavy atom. The molecule has 0 aliphatic rings. The Bertz CT molecular complexity index is 1650. The zero-order valence-corrected chi connectivity index (χ0v) is 26.4. The van der Waals surface area contributed by atoms with Crippen LogP contribution < -0.4 is 0 Å². The van der Waals surface area contributed by atoms with E-state index in [0.29, 0.717) is 15.0 Å². The van der Waals surface area contributed by atoms with Crippen LogP contribution >= 0.6 is 0 Å². The van der Waals surface area contributed by atoms with Crippen LogP contribution in [0, 0.1) is 17.3 Å². The van der Waals surface area contributed by atoms with Crippen molar-refractivity contribution < 1.29 is 48.0 Å². The van der Waals surface area contributed by atoms with Gasteiger partial charge in [-0.2, -0.15) is 16.8 Å². The van der Waals surface area contributed by atoms with Crippen LogP contribution in [0.3, 0.4) is 0 Å². The maximum atomic E-state index is 12.0. The molecule has 0 spiro atoms. The van der Waals surface area contributed by atoms with E-state index in [-0.39, 0.29) is 41.3 Å². The lowest BCUT2D eigenvalue weighted by atomic mass is 10.1. The van der Waals surface area contributed by atoms with Crippen molar-refractivity contribution in [3.05, 3.63) is 69.1 Å². The molecule has 0 fully saturated rings. The summed E-state index contributed by atoms with van der Waals surface area (Å²) >= 11 is 0. The number of benzene rings is 2. The number of aryl methyl sites for hydroxylation is 1. The highest BCUT2D eigenvalue weighted by Gasteiger charge is 2.24. The Morgan fingerprint density at radius 2 is 1.21 bits per heavy atom. The van der Waals surface area contributed by atoms with Gasteiger partial charge in [0, 0.05) is 41.5 Å². The molecule has 16 heteroatoms. The lowest BCUT2D eigenvalue weighted by Crippen LogP contribution is -2.29. The van der Waals surface area contributed by atoms with Gasteiger partial charge in [-0.25, -0.2) is 17.9 Å². The molecule has 0 amide bonds. The van der Waals surface area contributed by atoms with Crippen molar-refractivity contribution in [3.8, 4) is 0 Å². The van der Waals surface area contributed by atoms with Gasteiger partial charge in [-0.05, 0) is 42.3 Å². The Balaban J connectivity index is 0. The van der Waals surface area contributed by atoms with Crippen molar-refractivity contribution in [1.82, 2.24) is 0 Å². The van der Waals surface area contributed by atoms with E-state index >= 15 is 0 Å². The summed E-state index contributed by atoms with van der Waals surface area (Å²) in [7, 11) is -12.1.